The van der Waals surface area contributed by atoms with Crippen molar-refractivity contribution in [2.24, 2.45) is 101 Å². The zero-order valence-corrected chi connectivity index (χ0v) is 45.2. The second kappa shape index (κ2) is 16.0. The number of aliphatic hydroxyl groups excluding tert-OH is 1. The first-order chi connectivity index (χ1) is 30.3. The molecule has 10 fully saturated rings. The minimum absolute atomic E-state index is 0.0840. The van der Waals surface area contributed by atoms with Crippen molar-refractivity contribution in [2.45, 2.75) is 257 Å². The molecule has 0 amide bonds. The minimum atomic E-state index is -0.0927. The number of rotatable bonds is 9. The predicted molar refractivity (Wildman–Crippen MR) is 271 cm³/mol. The lowest BCUT2D eigenvalue weighted by molar-refractivity contribution is -0.181. The van der Waals surface area contributed by atoms with Gasteiger partial charge < -0.3 is 9.84 Å². The van der Waals surface area contributed by atoms with E-state index in [0.29, 0.717) is 43.3 Å². The fourth-order valence-electron chi connectivity index (χ4n) is 22.7. The van der Waals surface area contributed by atoms with E-state index in [1.54, 1.807) is 6.92 Å². The summed E-state index contributed by atoms with van der Waals surface area (Å²) in [6, 6.07) is 0. The van der Waals surface area contributed by atoms with Gasteiger partial charge in [0, 0.05) is 12.3 Å². The Morgan fingerprint density at radius 1 is 0.508 bits per heavy atom. The molecule has 0 saturated heterocycles. The SMILES string of the molecule is CC(=O)OC1CCC23CC24CCC2(C)C(C(C)CCC=C(C)C)CCC2(C)C4CCC3C1(C)C.CC(C)=CCCC(C)C1CCC2(C)C3CCC4C(C)(C)C(O)CCC45CC35CCC12C. The van der Waals surface area contributed by atoms with Gasteiger partial charge in [-0.3, -0.25) is 4.79 Å². The lowest BCUT2D eigenvalue weighted by atomic mass is 9.41. The van der Waals surface area contributed by atoms with Crippen LogP contribution in [0, 0.1) is 101 Å². The topological polar surface area (TPSA) is 46.5 Å². The van der Waals surface area contributed by atoms with Gasteiger partial charge in [0.05, 0.1) is 6.10 Å². The maximum absolute atomic E-state index is 11.8. The predicted octanol–water partition coefficient (Wildman–Crippen LogP) is 16.9. The standard InChI is InChI=1S/C32H52O2.C30H50O/c1-21(2)10-9-11-22(3)24-14-16-30(8)26-13-12-25-28(5,6)27(34-23(4)33)15-17-31(25)20-32(26,31)19-18-29(24,30)7;1-20(2)9-8-10-21(3)22-13-15-28(7)24-12-11-23-26(4,5)25(31)14-16-29(23)19-30(24,29)18-17-27(22,28)6/h10,22,24-27H,9,11-20H2,1-8H3;9,21-25,31H,8,10-19H2,1-7H3. The normalized spacial score (nSPS) is 50.9. The van der Waals surface area contributed by atoms with Crippen molar-refractivity contribution in [1.29, 1.82) is 0 Å². The first kappa shape index (κ1) is 48.9. The van der Waals surface area contributed by atoms with Crippen LogP contribution in [0.1, 0.15) is 245 Å². The maximum Gasteiger partial charge on any atom is 0.302 e. The highest BCUT2D eigenvalue weighted by atomic mass is 16.5. The molecule has 18 atom stereocenters. The van der Waals surface area contributed by atoms with E-state index in [1.165, 1.54) is 140 Å². The van der Waals surface area contributed by atoms with Crippen molar-refractivity contribution >= 4 is 5.97 Å². The Bertz CT molecular complexity index is 1900. The summed E-state index contributed by atoms with van der Waals surface area (Å²) < 4.78 is 5.90. The highest BCUT2D eigenvalue weighted by molar-refractivity contribution is 5.66. The molecule has 3 heteroatoms. The summed E-state index contributed by atoms with van der Waals surface area (Å²) in [5.74, 6) is 6.73. The monoisotopic (exact) mass is 895 g/mol. The van der Waals surface area contributed by atoms with E-state index in [9.17, 15) is 9.90 Å². The smallest absolute Gasteiger partial charge is 0.302 e. The summed E-state index contributed by atoms with van der Waals surface area (Å²) >= 11 is 0. The molecule has 10 aliphatic rings. The van der Waals surface area contributed by atoms with Gasteiger partial charge in [0.25, 0.3) is 0 Å². The number of allylic oxidation sites excluding steroid dienone is 4. The molecule has 0 aromatic heterocycles. The molecule has 0 aromatic carbocycles. The van der Waals surface area contributed by atoms with E-state index in [2.05, 4.69) is 109 Å². The summed E-state index contributed by atoms with van der Waals surface area (Å²) in [7, 11) is 0. The second-order valence-corrected chi connectivity index (χ2v) is 29.3. The molecule has 0 aromatic rings. The van der Waals surface area contributed by atoms with Gasteiger partial charge in [0.2, 0.25) is 0 Å². The minimum Gasteiger partial charge on any atom is -0.462 e. The van der Waals surface area contributed by atoms with E-state index < -0.39 is 0 Å². The molecular formula is C62H102O3. The van der Waals surface area contributed by atoms with Gasteiger partial charge in [0.15, 0.2) is 0 Å². The van der Waals surface area contributed by atoms with Crippen molar-refractivity contribution in [3.8, 4) is 0 Å². The van der Waals surface area contributed by atoms with Gasteiger partial charge >= 0.3 is 5.97 Å². The van der Waals surface area contributed by atoms with E-state index in [0.717, 1.165) is 60.2 Å². The largest absolute Gasteiger partial charge is 0.462 e. The number of hydrogen-bond donors (Lipinski definition) is 1. The van der Waals surface area contributed by atoms with Gasteiger partial charge in [-0.25, -0.2) is 0 Å². The van der Waals surface area contributed by atoms with Crippen LogP contribution in [0.25, 0.3) is 0 Å². The Labute approximate surface area is 401 Å². The molecule has 0 bridgehead atoms. The number of fused-ring (bicyclic) bond motifs is 4. The third-order valence-corrected chi connectivity index (χ3v) is 26.3. The Morgan fingerprint density at radius 3 is 1.34 bits per heavy atom. The number of carbonyl (C=O) groups is 1. The third kappa shape index (κ3) is 6.68. The zero-order valence-electron chi connectivity index (χ0n) is 45.2. The first-order valence-corrected chi connectivity index (χ1v) is 28.4. The summed E-state index contributed by atoms with van der Waals surface area (Å²) in [5.41, 5.74) is 7.59. The lowest BCUT2D eigenvalue weighted by Gasteiger charge is -2.63. The quantitative estimate of drug-likeness (QED) is 0.185. The summed E-state index contributed by atoms with van der Waals surface area (Å²) in [6.07, 6.45) is 35.2. The molecule has 10 aliphatic carbocycles. The van der Waals surface area contributed by atoms with Crippen LogP contribution in [0.5, 0.6) is 0 Å². The fourth-order valence-corrected chi connectivity index (χ4v) is 22.7. The molecule has 368 valence electrons. The van der Waals surface area contributed by atoms with Gasteiger partial charge in [-0.2, -0.15) is 0 Å². The second-order valence-electron chi connectivity index (χ2n) is 29.3. The molecule has 0 radical (unpaired) electrons. The van der Waals surface area contributed by atoms with Crippen molar-refractivity contribution in [1.82, 2.24) is 0 Å². The Hall–Kier alpha value is -1.09. The molecule has 18 unspecified atom stereocenters. The Kier molecular flexibility index (Phi) is 12.0. The van der Waals surface area contributed by atoms with E-state index >= 15 is 0 Å². The molecule has 3 nitrogen and oxygen atoms in total. The Morgan fingerprint density at radius 2 is 0.908 bits per heavy atom. The summed E-state index contributed by atoms with van der Waals surface area (Å²) in [6.45, 7) is 36.3. The fraction of sp³-hybridized carbons (Fsp3) is 0.919. The number of ether oxygens (including phenoxy) is 1. The molecule has 65 heavy (non-hydrogen) atoms. The molecule has 4 spiro atoms. The first-order valence-electron chi connectivity index (χ1n) is 28.4. The molecule has 0 aliphatic heterocycles. The van der Waals surface area contributed by atoms with Gasteiger partial charge in [-0.15, -0.1) is 0 Å². The summed E-state index contributed by atoms with van der Waals surface area (Å²) in [4.78, 5) is 11.8. The van der Waals surface area contributed by atoms with E-state index in [1.807, 2.05) is 0 Å². The molecular weight excluding hydrogens is 793 g/mol. The van der Waals surface area contributed by atoms with E-state index in [-0.39, 0.29) is 29.0 Å². The molecule has 10 rings (SSSR count). The van der Waals surface area contributed by atoms with Crippen LogP contribution < -0.4 is 0 Å². The van der Waals surface area contributed by atoms with Gasteiger partial charge in [-0.05, 0) is 265 Å². The van der Waals surface area contributed by atoms with Gasteiger partial charge in [0.1, 0.15) is 6.10 Å². The van der Waals surface area contributed by atoms with Crippen LogP contribution in [0.3, 0.4) is 0 Å². The van der Waals surface area contributed by atoms with Crippen molar-refractivity contribution < 1.29 is 14.6 Å². The Balaban J connectivity index is 0.000000165. The maximum atomic E-state index is 11.8. The molecule has 1 N–H and O–H groups in total. The number of esters is 1. The van der Waals surface area contributed by atoms with Crippen molar-refractivity contribution in [2.75, 3.05) is 0 Å². The summed E-state index contributed by atoms with van der Waals surface area (Å²) in [5, 5.41) is 10.8. The van der Waals surface area contributed by atoms with Crippen LogP contribution in [0.15, 0.2) is 23.3 Å². The average molecular weight is 895 g/mol. The number of aliphatic hydroxyl groups is 1. The van der Waals surface area contributed by atoms with Crippen LogP contribution >= 0.6 is 0 Å². The lowest BCUT2D eigenvalue weighted by Crippen LogP contribution is -2.58. The van der Waals surface area contributed by atoms with Crippen LogP contribution in [0.2, 0.25) is 0 Å². The molecule has 10 saturated carbocycles. The molecule has 0 heterocycles. The van der Waals surface area contributed by atoms with Crippen LogP contribution in [-0.4, -0.2) is 23.3 Å². The van der Waals surface area contributed by atoms with E-state index in [4.69, 9.17) is 4.74 Å². The highest BCUT2D eigenvalue weighted by Gasteiger charge is 2.84. The highest BCUT2D eigenvalue weighted by Crippen LogP contribution is 2.91. The third-order valence-electron chi connectivity index (χ3n) is 26.3. The zero-order chi connectivity index (χ0) is 47.2. The average Bonchev–Trinajstić information content (AvgIpc) is 4.02. The number of hydrogen-bond acceptors (Lipinski definition) is 3. The van der Waals surface area contributed by atoms with Gasteiger partial charge in [-0.1, -0.05) is 92.5 Å². The van der Waals surface area contributed by atoms with Crippen LogP contribution in [0.4, 0.5) is 0 Å². The van der Waals surface area contributed by atoms with Crippen LogP contribution in [-0.2, 0) is 9.53 Å². The van der Waals surface area contributed by atoms with Crippen molar-refractivity contribution in [3.63, 3.8) is 0 Å². The van der Waals surface area contributed by atoms with Crippen molar-refractivity contribution in [3.05, 3.63) is 23.3 Å². The number of carbonyl (C=O) groups excluding carboxylic acids is 1.